The molecule has 1 saturated heterocycles. The van der Waals surface area contributed by atoms with Gasteiger partial charge in [0.25, 0.3) is 0 Å². The Morgan fingerprint density at radius 2 is 1.96 bits per heavy atom. The van der Waals surface area contributed by atoms with E-state index in [0.717, 1.165) is 48.7 Å². The molecule has 136 valence electrons. The maximum Gasteiger partial charge on any atom is 0.213 e. The lowest BCUT2D eigenvalue weighted by Gasteiger charge is -2.33. The molecule has 1 aliphatic heterocycles. The van der Waals surface area contributed by atoms with Crippen molar-refractivity contribution in [3.05, 3.63) is 36.4 Å². The zero-order valence-electron chi connectivity index (χ0n) is 15.2. The molecule has 1 aliphatic rings. The second-order valence-electron chi connectivity index (χ2n) is 6.43. The number of piperazine rings is 1. The van der Waals surface area contributed by atoms with Crippen LogP contribution in [0.5, 0.6) is 5.88 Å². The van der Waals surface area contributed by atoms with Gasteiger partial charge < -0.3 is 14.5 Å². The SMILES string of the molecule is CCOc1cccc(Cn2ncc3c(N4CCN(C)CC4)ncnc32)n1. The fourth-order valence-corrected chi connectivity index (χ4v) is 3.19. The Hall–Kier alpha value is -2.74. The standard InChI is InChI=1S/C18H23N7O/c1-3-26-16-6-4-5-14(22-16)12-25-18-15(11-21-25)17(19-13-20-18)24-9-7-23(2)8-10-24/h4-6,11,13H,3,7-10,12H2,1-2H3. The highest BCUT2D eigenvalue weighted by atomic mass is 16.5. The minimum absolute atomic E-state index is 0.545. The van der Waals surface area contributed by atoms with E-state index >= 15 is 0 Å². The zero-order chi connectivity index (χ0) is 17.9. The minimum Gasteiger partial charge on any atom is -0.478 e. The number of aromatic nitrogens is 5. The molecule has 0 N–H and O–H groups in total. The minimum atomic E-state index is 0.545. The van der Waals surface area contributed by atoms with Crippen molar-refractivity contribution in [1.82, 2.24) is 29.6 Å². The number of fused-ring (bicyclic) bond motifs is 1. The maximum atomic E-state index is 5.48. The molecule has 8 heteroatoms. The number of hydrogen-bond acceptors (Lipinski definition) is 7. The Kier molecular flexibility index (Phi) is 4.66. The molecular formula is C18H23N7O. The van der Waals surface area contributed by atoms with Crippen LogP contribution in [0, 0.1) is 0 Å². The molecule has 0 aromatic carbocycles. The first-order valence-electron chi connectivity index (χ1n) is 8.93. The van der Waals surface area contributed by atoms with Gasteiger partial charge in [-0.25, -0.2) is 19.6 Å². The Balaban J connectivity index is 1.61. The van der Waals surface area contributed by atoms with Gasteiger partial charge in [0.15, 0.2) is 5.65 Å². The van der Waals surface area contributed by atoms with Gasteiger partial charge in [-0.3, -0.25) is 0 Å². The van der Waals surface area contributed by atoms with Gasteiger partial charge in [0.2, 0.25) is 5.88 Å². The van der Waals surface area contributed by atoms with Crippen LogP contribution in [-0.2, 0) is 6.54 Å². The van der Waals surface area contributed by atoms with Crippen molar-refractivity contribution in [1.29, 1.82) is 0 Å². The monoisotopic (exact) mass is 353 g/mol. The van der Waals surface area contributed by atoms with Crippen molar-refractivity contribution >= 4 is 16.9 Å². The number of hydrogen-bond donors (Lipinski definition) is 0. The largest absolute Gasteiger partial charge is 0.478 e. The van der Waals surface area contributed by atoms with Gasteiger partial charge in [0.05, 0.1) is 30.4 Å². The molecule has 3 aromatic heterocycles. The molecule has 0 radical (unpaired) electrons. The van der Waals surface area contributed by atoms with Crippen LogP contribution in [0.2, 0.25) is 0 Å². The van der Waals surface area contributed by atoms with E-state index in [0.29, 0.717) is 19.0 Å². The molecule has 26 heavy (non-hydrogen) atoms. The summed E-state index contributed by atoms with van der Waals surface area (Å²) in [6.45, 7) is 7.09. The van der Waals surface area contributed by atoms with E-state index in [1.807, 2.05) is 36.0 Å². The van der Waals surface area contributed by atoms with Crippen LogP contribution >= 0.6 is 0 Å². The van der Waals surface area contributed by atoms with Gasteiger partial charge in [-0.15, -0.1) is 0 Å². The molecule has 0 bridgehead atoms. The first kappa shape index (κ1) is 16.7. The van der Waals surface area contributed by atoms with Gasteiger partial charge in [-0.1, -0.05) is 6.07 Å². The van der Waals surface area contributed by atoms with Crippen LogP contribution in [0.1, 0.15) is 12.6 Å². The summed E-state index contributed by atoms with van der Waals surface area (Å²) in [5, 5.41) is 5.52. The Morgan fingerprint density at radius 3 is 2.77 bits per heavy atom. The molecule has 4 rings (SSSR count). The van der Waals surface area contributed by atoms with E-state index in [2.05, 4.69) is 36.9 Å². The summed E-state index contributed by atoms with van der Waals surface area (Å²) in [7, 11) is 2.15. The number of nitrogens with zero attached hydrogens (tertiary/aromatic N) is 7. The van der Waals surface area contributed by atoms with Crippen LogP contribution in [0.25, 0.3) is 11.0 Å². The number of rotatable bonds is 5. The number of likely N-dealkylation sites (N-methyl/N-ethyl adjacent to an activating group) is 1. The fraction of sp³-hybridized carbons (Fsp3) is 0.444. The number of anilines is 1. The van der Waals surface area contributed by atoms with Crippen molar-refractivity contribution in [2.45, 2.75) is 13.5 Å². The zero-order valence-corrected chi connectivity index (χ0v) is 15.2. The van der Waals surface area contributed by atoms with Crippen LogP contribution in [0.3, 0.4) is 0 Å². The highest BCUT2D eigenvalue weighted by molar-refractivity contribution is 5.86. The topological polar surface area (TPSA) is 72.2 Å². The molecule has 4 heterocycles. The Bertz CT molecular complexity index is 886. The highest BCUT2D eigenvalue weighted by Gasteiger charge is 2.19. The van der Waals surface area contributed by atoms with Crippen molar-refractivity contribution < 1.29 is 4.74 Å². The van der Waals surface area contributed by atoms with E-state index in [4.69, 9.17) is 4.74 Å². The van der Waals surface area contributed by atoms with Gasteiger partial charge in [-0.2, -0.15) is 5.10 Å². The summed E-state index contributed by atoms with van der Waals surface area (Å²) in [4.78, 5) is 18.1. The summed E-state index contributed by atoms with van der Waals surface area (Å²) in [6.07, 6.45) is 3.48. The first-order chi connectivity index (χ1) is 12.7. The molecule has 8 nitrogen and oxygen atoms in total. The van der Waals surface area contributed by atoms with Crippen molar-refractivity contribution in [3.8, 4) is 5.88 Å². The molecule has 0 saturated carbocycles. The average Bonchev–Trinajstić information content (AvgIpc) is 3.06. The lowest BCUT2D eigenvalue weighted by molar-refractivity contribution is 0.312. The lowest BCUT2D eigenvalue weighted by atomic mass is 10.3. The first-order valence-corrected chi connectivity index (χ1v) is 8.93. The molecule has 1 fully saturated rings. The summed E-state index contributed by atoms with van der Waals surface area (Å²) in [6, 6.07) is 5.78. The number of ether oxygens (including phenoxy) is 1. The molecule has 3 aromatic rings. The predicted octanol–water partition coefficient (Wildman–Crippen LogP) is 1.42. The molecule has 0 aliphatic carbocycles. The van der Waals surface area contributed by atoms with Crippen molar-refractivity contribution in [2.75, 3.05) is 44.7 Å². The van der Waals surface area contributed by atoms with E-state index < -0.39 is 0 Å². The van der Waals surface area contributed by atoms with E-state index in [1.165, 1.54) is 0 Å². The summed E-state index contributed by atoms with van der Waals surface area (Å²) in [5.41, 5.74) is 1.72. The third-order valence-electron chi connectivity index (χ3n) is 4.60. The second kappa shape index (κ2) is 7.25. The predicted molar refractivity (Wildman–Crippen MR) is 99.5 cm³/mol. The number of pyridine rings is 1. The molecule has 0 spiro atoms. The Labute approximate surface area is 152 Å². The van der Waals surface area contributed by atoms with Gasteiger partial charge in [0, 0.05) is 32.2 Å². The lowest BCUT2D eigenvalue weighted by Crippen LogP contribution is -2.44. The smallest absolute Gasteiger partial charge is 0.213 e. The Morgan fingerprint density at radius 1 is 1.12 bits per heavy atom. The van der Waals surface area contributed by atoms with Gasteiger partial charge >= 0.3 is 0 Å². The maximum absolute atomic E-state index is 5.48. The third kappa shape index (κ3) is 3.32. The molecule has 0 atom stereocenters. The second-order valence-corrected chi connectivity index (χ2v) is 6.43. The van der Waals surface area contributed by atoms with E-state index in [-0.39, 0.29) is 0 Å². The summed E-state index contributed by atoms with van der Waals surface area (Å²) in [5.74, 6) is 1.60. The van der Waals surface area contributed by atoms with Gasteiger partial charge in [-0.05, 0) is 20.0 Å². The normalized spacial score (nSPS) is 15.5. The van der Waals surface area contributed by atoms with Crippen LogP contribution in [-0.4, -0.2) is 69.5 Å². The van der Waals surface area contributed by atoms with Crippen LogP contribution < -0.4 is 9.64 Å². The fourth-order valence-electron chi connectivity index (χ4n) is 3.19. The van der Waals surface area contributed by atoms with Crippen molar-refractivity contribution in [2.24, 2.45) is 0 Å². The molecular weight excluding hydrogens is 330 g/mol. The third-order valence-corrected chi connectivity index (χ3v) is 4.60. The van der Waals surface area contributed by atoms with Crippen LogP contribution in [0.15, 0.2) is 30.7 Å². The molecule has 0 unspecified atom stereocenters. The highest BCUT2D eigenvalue weighted by Crippen LogP contribution is 2.24. The van der Waals surface area contributed by atoms with Crippen LogP contribution in [0.4, 0.5) is 5.82 Å². The molecule has 0 amide bonds. The van der Waals surface area contributed by atoms with E-state index in [1.54, 1.807) is 6.33 Å². The summed E-state index contributed by atoms with van der Waals surface area (Å²) >= 11 is 0. The van der Waals surface area contributed by atoms with Crippen molar-refractivity contribution in [3.63, 3.8) is 0 Å². The van der Waals surface area contributed by atoms with E-state index in [9.17, 15) is 0 Å². The average molecular weight is 353 g/mol. The van der Waals surface area contributed by atoms with Gasteiger partial charge in [0.1, 0.15) is 12.1 Å². The quantitative estimate of drug-likeness (QED) is 0.687. The summed E-state index contributed by atoms with van der Waals surface area (Å²) < 4.78 is 7.35.